The van der Waals surface area contributed by atoms with Crippen LogP contribution < -0.4 is 5.32 Å². The Balaban J connectivity index is 1.59. The quantitative estimate of drug-likeness (QED) is 0.296. The molecular formula is C31H34N4O2. The minimum Gasteiger partial charge on any atom is -0.333 e. The molecule has 6 nitrogen and oxygen atoms in total. The van der Waals surface area contributed by atoms with Gasteiger partial charge in [-0.2, -0.15) is 5.10 Å². The molecule has 2 amide bonds. The molecule has 0 fully saturated rings. The van der Waals surface area contributed by atoms with E-state index in [-0.39, 0.29) is 18.4 Å². The number of rotatable bonds is 10. The molecule has 1 aromatic heterocycles. The summed E-state index contributed by atoms with van der Waals surface area (Å²) in [5.74, 6) is 0.345. The second kappa shape index (κ2) is 12.2. The van der Waals surface area contributed by atoms with Gasteiger partial charge >= 0.3 is 0 Å². The van der Waals surface area contributed by atoms with Crippen LogP contribution in [0.15, 0.2) is 84.9 Å². The van der Waals surface area contributed by atoms with Crippen molar-refractivity contribution >= 4 is 17.6 Å². The zero-order chi connectivity index (χ0) is 26.2. The highest BCUT2D eigenvalue weighted by molar-refractivity contribution is 5.98. The van der Waals surface area contributed by atoms with Crippen LogP contribution in [0.4, 0.5) is 5.82 Å². The maximum Gasteiger partial charge on any atom is 0.245 e. The second-order valence-corrected chi connectivity index (χ2v) is 9.22. The van der Waals surface area contributed by atoms with Crippen LogP contribution in [0.5, 0.6) is 0 Å². The Kier molecular flexibility index (Phi) is 8.52. The van der Waals surface area contributed by atoms with E-state index in [1.54, 1.807) is 9.58 Å². The van der Waals surface area contributed by atoms with Gasteiger partial charge in [-0.3, -0.25) is 9.59 Å². The smallest absolute Gasteiger partial charge is 0.245 e. The third-order valence-electron chi connectivity index (χ3n) is 6.38. The summed E-state index contributed by atoms with van der Waals surface area (Å²) in [6, 6.07) is 27.8. The van der Waals surface area contributed by atoms with Crippen LogP contribution in [0, 0.1) is 13.8 Å². The molecule has 190 valence electrons. The highest BCUT2D eigenvalue weighted by Gasteiger charge is 2.23. The summed E-state index contributed by atoms with van der Waals surface area (Å²) >= 11 is 0. The SMILES string of the molecule is CCCN(CC(=O)Nc1c(-c2ccccc2)c(C)nn1-c1ccccc1C)C(=O)CCc1ccccc1. The van der Waals surface area contributed by atoms with Gasteiger partial charge in [0.1, 0.15) is 5.82 Å². The molecule has 4 rings (SSSR count). The number of carbonyl (C=O) groups excluding carboxylic acids is 2. The monoisotopic (exact) mass is 494 g/mol. The average molecular weight is 495 g/mol. The Labute approximate surface area is 218 Å². The number of para-hydroxylation sites is 1. The Morgan fingerprint density at radius 3 is 2.22 bits per heavy atom. The van der Waals surface area contributed by atoms with Gasteiger partial charge in [0.2, 0.25) is 11.8 Å². The highest BCUT2D eigenvalue weighted by Crippen LogP contribution is 2.34. The molecular weight excluding hydrogens is 460 g/mol. The summed E-state index contributed by atoms with van der Waals surface area (Å²) in [5, 5.41) is 7.92. The van der Waals surface area contributed by atoms with Gasteiger partial charge in [0.25, 0.3) is 0 Å². The minimum atomic E-state index is -0.242. The van der Waals surface area contributed by atoms with Crippen LogP contribution in [0.1, 0.15) is 36.6 Å². The Hall–Kier alpha value is -4.19. The van der Waals surface area contributed by atoms with Crippen LogP contribution in [0.25, 0.3) is 16.8 Å². The standard InChI is InChI=1S/C31H34N4O2/c1-4-21-34(29(37)20-19-25-14-7-5-8-15-25)22-28(36)32-31-30(26-16-9-6-10-17-26)24(3)33-35(31)27-18-12-11-13-23(27)2/h5-18H,4,19-22H2,1-3H3,(H,32,36). The summed E-state index contributed by atoms with van der Waals surface area (Å²) in [7, 11) is 0. The maximum atomic E-state index is 13.4. The fraction of sp³-hybridized carbons (Fsp3) is 0.258. The summed E-state index contributed by atoms with van der Waals surface area (Å²) in [5.41, 5.74) is 5.71. The maximum absolute atomic E-state index is 13.4. The lowest BCUT2D eigenvalue weighted by molar-refractivity contribution is -0.134. The van der Waals surface area contributed by atoms with E-state index in [0.29, 0.717) is 25.2 Å². The number of anilines is 1. The summed E-state index contributed by atoms with van der Waals surface area (Å²) in [4.78, 5) is 28.1. The van der Waals surface area contributed by atoms with Crippen molar-refractivity contribution in [2.24, 2.45) is 0 Å². The van der Waals surface area contributed by atoms with Gasteiger partial charge in [0.05, 0.1) is 17.9 Å². The van der Waals surface area contributed by atoms with E-state index in [4.69, 9.17) is 5.10 Å². The van der Waals surface area contributed by atoms with Crippen LogP contribution >= 0.6 is 0 Å². The third kappa shape index (κ3) is 6.33. The molecule has 0 bridgehead atoms. The predicted molar refractivity (Wildman–Crippen MR) is 149 cm³/mol. The molecule has 0 aliphatic rings. The number of amides is 2. The third-order valence-corrected chi connectivity index (χ3v) is 6.38. The van der Waals surface area contributed by atoms with Crippen molar-refractivity contribution in [2.75, 3.05) is 18.4 Å². The van der Waals surface area contributed by atoms with Crippen LogP contribution in [0.2, 0.25) is 0 Å². The molecule has 1 heterocycles. The molecule has 0 aliphatic heterocycles. The molecule has 0 saturated heterocycles. The number of hydrogen-bond acceptors (Lipinski definition) is 3. The van der Waals surface area contributed by atoms with E-state index in [2.05, 4.69) is 5.32 Å². The highest BCUT2D eigenvalue weighted by atomic mass is 16.2. The first-order valence-electron chi connectivity index (χ1n) is 12.8. The Bertz CT molecular complexity index is 1350. The zero-order valence-electron chi connectivity index (χ0n) is 21.8. The molecule has 0 atom stereocenters. The molecule has 37 heavy (non-hydrogen) atoms. The van der Waals surface area contributed by atoms with Gasteiger partial charge in [0.15, 0.2) is 0 Å². The van der Waals surface area contributed by atoms with Crippen molar-refractivity contribution in [1.29, 1.82) is 0 Å². The van der Waals surface area contributed by atoms with Crippen molar-refractivity contribution in [3.05, 3.63) is 102 Å². The average Bonchev–Trinajstić information content (AvgIpc) is 3.23. The summed E-state index contributed by atoms with van der Waals surface area (Å²) in [6.07, 6.45) is 1.80. The number of aromatic nitrogens is 2. The first-order valence-corrected chi connectivity index (χ1v) is 12.8. The van der Waals surface area contributed by atoms with Crippen molar-refractivity contribution in [2.45, 2.75) is 40.0 Å². The van der Waals surface area contributed by atoms with Gasteiger partial charge in [-0.15, -0.1) is 0 Å². The van der Waals surface area contributed by atoms with Crippen molar-refractivity contribution < 1.29 is 9.59 Å². The van der Waals surface area contributed by atoms with Crippen LogP contribution in [-0.4, -0.2) is 39.6 Å². The lowest BCUT2D eigenvalue weighted by Crippen LogP contribution is -2.39. The lowest BCUT2D eigenvalue weighted by Gasteiger charge is -2.22. The topological polar surface area (TPSA) is 67.2 Å². The van der Waals surface area contributed by atoms with E-state index in [1.165, 1.54) is 0 Å². The largest absolute Gasteiger partial charge is 0.333 e. The fourth-order valence-corrected chi connectivity index (χ4v) is 4.53. The molecule has 0 aliphatic carbocycles. The molecule has 0 spiro atoms. The van der Waals surface area contributed by atoms with Crippen molar-refractivity contribution in [3.8, 4) is 16.8 Å². The second-order valence-electron chi connectivity index (χ2n) is 9.22. The zero-order valence-corrected chi connectivity index (χ0v) is 21.8. The van der Waals surface area contributed by atoms with Gasteiger partial charge in [-0.1, -0.05) is 85.8 Å². The molecule has 4 aromatic rings. The molecule has 0 saturated carbocycles. The Morgan fingerprint density at radius 1 is 0.892 bits per heavy atom. The normalized spacial score (nSPS) is 10.8. The van der Waals surface area contributed by atoms with E-state index >= 15 is 0 Å². The van der Waals surface area contributed by atoms with Gasteiger partial charge in [-0.05, 0) is 49.4 Å². The van der Waals surface area contributed by atoms with Crippen molar-refractivity contribution in [3.63, 3.8) is 0 Å². The Morgan fingerprint density at radius 2 is 1.54 bits per heavy atom. The summed E-state index contributed by atoms with van der Waals surface area (Å²) < 4.78 is 1.80. The predicted octanol–water partition coefficient (Wildman–Crippen LogP) is 5.97. The van der Waals surface area contributed by atoms with E-state index in [1.807, 2.05) is 106 Å². The number of nitrogens with zero attached hydrogens (tertiary/aromatic N) is 3. The molecule has 6 heteroatoms. The first-order chi connectivity index (χ1) is 18.0. The van der Waals surface area contributed by atoms with E-state index in [9.17, 15) is 9.59 Å². The van der Waals surface area contributed by atoms with Crippen LogP contribution in [-0.2, 0) is 16.0 Å². The number of benzene rings is 3. The minimum absolute atomic E-state index is 0.00626. The molecule has 0 radical (unpaired) electrons. The van der Waals surface area contributed by atoms with Gasteiger partial charge in [-0.25, -0.2) is 4.68 Å². The number of hydrogen-bond donors (Lipinski definition) is 1. The number of carbonyl (C=O) groups is 2. The van der Waals surface area contributed by atoms with E-state index in [0.717, 1.165) is 40.1 Å². The number of nitrogens with one attached hydrogen (secondary N) is 1. The lowest BCUT2D eigenvalue weighted by atomic mass is 10.1. The molecule has 3 aromatic carbocycles. The number of aryl methyl sites for hydroxylation is 3. The molecule has 0 unspecified atom stereocenters. The summed E-state index contributed by atoms with van der Waals surface area (Å²) in [6.45, 7) is 6.51. The molecule has 1 N–H and O–H groups in total. The van der Waals surface area contributed by atoms with Crippen LogP contribution in [0.3, 0.4) is 0 Å². The van der Waals surface area contributed by atoms with E-state index < -0.39 is 0 Å². The first kappa shape index (κ1) is 25.9. The van der Waals surface area contributed by atoms with Crippen molar-refractivity contribution in [1.82, 2.24) is 14.7 Å². The van der Waals surface area contributed by atoms with Gasteiger partial charge < -0.3 is 10.2 Å². The fourth-order valence-electron chi connectivity index (χ4n) is 4.53. The van der Waals surface area contributed by atoms with Gasteiger partial charge in [0, 0.05) is 18.5 Å².